The van der Waals surface area contributed by atoms with Crippen LogP contribution in [0.15, 0.2) is 11.9 Å². The van der Waals surface area contributed by atoms with Crippen molar-refractivity contribution in [2.75, 3.05) is 11.8 Å². The molecule has 0 saturated carbocycles. The third-order valence-electron chi connectivity index (χ3n) is 1.25. The Bertz CT molecular complexity index is 153. The molecule has 1 unspecified atom stereocenters. The molecule has 1 aliphatic heterocycles. The number of rotatable bonds is 1. The highest BCUT2D eigenvalue weighted by Gasteiger charge is 2.19. The standard InChI is InChI=1S/C5H8ClOP/c6-5-8(7)3-1-2-4-8/h1,3H,2,4-5H2. The maximum atomic E-state index is 11.2. The van der Waals surface area contributed by atoms with E-state index in [2.05, 4.69) is 0 Å². The second-order valence-electron chi connectivity index (χ2n) is 1.97. The third-order valence-corrected chi connectivity index (χ3v) is 4.64. The van der Waals surface area contributed by atoms with E-state index in [1.54, 1.807) is 5.82 Å². The van der Waals surface area contributed by atoms with Gasteiger partial charge in [0.25, 0.3) is 0 Å². The van der Waals surface area contributed by atoms with Gasteiger partial charge < -0.3 is 4.57 Å². The lowest BCUT2D eigenvalue weighted by Gasteiger charge is -2.00. The fourth-order valence-corrected chi connectivity index (χ4v) is 2.80. The second kappa shape index (κ2) is 2.24. The molecule has 0 amide bonds. The Balaban J connectivity index is 2.69. The van der Waals surface area contributed by atoms with Gasteiger partial charge in [-0.3, -0.25) is 0 Å². The number of hydrogen-bond donors (Lipinski definition) is 0. The predicted molar refractivity (Wildman–Crippen MR) is 37.0 cm³/mol. The van der Waals surface area contributed by atoms with Crippen molar-refractivity contribution in [1.29, 1.82) is 0 Å². The van der Waals surface area contributed by atoms with E-state index in [1.807, 2.05) is 6.08 Å². The van der Waals surface area contributed by atoms with Crippen molar-refractivity contribution in [2.24, 2.45) is 0 Å². The van der Waals surface area contributed by atoms with Crippen LogP contribution in [0.2, 0.25) is 0 Å². The molecule has 0 aromatic rings. The molecule has 1 heterocycles. The highest BCUT2D eigenvalue weighted by atomic mass is 35.5. The summed E-state index contributed by atoms with van der Waals surface area (Å²) in [6.45, 7) is 0. The summed E-state index contributed by atoms with van der Waals surface area (Å²) in [5.74, 6) is 1.78. The average molecular weight is 151 g/mol. The minimum absolute atomic E-state index is 0.323. The van der Waals surface area contributed by atoms with Gasteiger partial charge in [-0.15, -0.1) is 11.6 Å². The predicted octanol–water partition coefficient (Wildman–Crippen LogP) is 2.46. The van der Waals surface area contributed by atoms with Crippen LogP contribution in [0.25, 0.3) is 0 Å². The van der Waals surface area contributed by atoms with Crippen LogP contribution in [0, 0.1) is 0 Å². The number of halogens is 1. The quantitative estimate of drug-likeness (QED) is 0.415. The SMILES string of the molecule is O=P1(CCl)C=CCC1. The number of allylic oxidation sites excluding steroid dienone is 1. The maximum Gasteiger partial charge on any atom is 0.122 e. The summed E-state index contributed by atoms with van der Waals surface area (Å²) in [5, 5.41) is 0. The van der Waals surface area contributed by atoms with E-state index in [0.29, 0.717) is 5.62 Å². The Morgan fingerprint density at radius 1 is 1.75 bits per heavy atom. The zero-order valence-electron chi connectivity index (χ0n) is 4.51. The highest BCUT2D eigenvalue weighted by Crippen LogP contribution is 2.52. The molecule has 0 saturated heterocycles. The molecule has 0 radical (unpaired) electrons. The van der Waals surface area contributed by atoms with E-state index in [0.717, 1.165) is 12.6 Å². The van der Waals surface area contributed by atoms with E-state index >= 15 is 0 Å². The van der Waals surface area contributed by atoms with Gasteiger partial charge >= 0.3 is 0 Å². The van der Waals surface area contributed by atoms with E-state index in [9.17, 15) is 4.57 Å². The monoisotopic (exact) mass is 150 g/mol. The Morgan fingerprint density at radius 3 is 2.75 bits per heavy atom. The molecule has 8 heavy (non-hydrogen) atoms. The molecule has 0 spiro atoms. The van der Waals surface area contributed by atoms with Crippen molar-refractivity contribution >= 4 is 18.7 Å². The van der Waals surface area contributed by atoms with Crippen LogP contribution in [0.4, 0.5) is 0 Å². The van der Waals surface area contributed by atoms with E-state index < -0.39 is 7.14 Å². The van der Waals surface area contributed by atoms with Gasteiger partial charge in [-0.2, -0.15) is 0 Å². The topological polar surface area (TPSA) is 17.1 Å². The average Bonchev–Trinajstić information content (AvgIpc) is 2.17. The summed E-state index contributed by atoms with van der Waals surface area (Å²) in [7, 11) is -1.97. The second-order valence-corrected chi connectivity index (χ2v) is 5.58. The third kappa shape index (κ3) is 1.15. The first-order valence-corrected chi connectivity index (χ1v) is 5.26. The first-order valence-electron chi connectivity index (χ1n) is 2.58. The molecular weight excluding hydrogens is 142 g/mol. The smallest absolute Gasteiger partial charge is 0.122 e. The van der Waals surface area contributed by atoms with E-state index in [1.165, 1.54) is 0 Å². The van der Waals surface area contributed by atoms with Crippen molar-refractivity contribution in [3.8, 4) is 0 Å². The summed E-state index contributed by atoms with van der Waals surface area (Å²) in [5.41, 5.74) is 0.323. The molecule has 1 rings (SSSR count). The van der Waals surface area contributed by atoms with Crippen LogP contribution in [0.5, 0.6) is 0 Å². The first kappa shape index (κ1) is 6.38. The van der Waals surface area contributed by atoms with Gasteiger partial charge in [-0.1, -0.05) is 6.08 Å². The van der Waals surface area contributed by atoms with Crippen molar-refractivity contribution in [1.82, 2.24) is 0 Å². The van der Waals surface area contributed by atoms with Crippen LogP contribution in [0.3, 0.4) is 0 Å². The Labute approximate surface area is 54.1 Å². The zero-order valence-corrected chi connectivity index (χ0v) is 6.16. The van der Waals surface area contributed by atoms with Gasteiger partial charge in [-0.25, -0.2) is 0 Å². The van der Waals surface area contributed by atoms with Crippen LogP contribution in [0.1, 0.15) is 6.42 Å². The summed E-state index contributed by atoms with van der Waals surface area (Å²) in [6.07, 6.45) is 3.68. The summed E-state index contributed by atoms with van der Waals surface area (Å²) in [4.78, 5) is 0. The molecule has 0 aromatic heterocycles. The molecule has 0 aromatic carbocycles. The molecular formula is C5H8ClOP. The fourth-order valence-electron chi connectivity index (χ4n) is 0.734. The zero-order chi connectivity index (χ0) is 6.04. The summed E-state index contributed by atoms with van der Waals surface area (Å²) in [6, 6.07) is 0. The molecule has 0 aliphatic carbocycles. The number of hydrogen-bond acceptors (Lipinski definition) is 1. The van der Waals surface area contributed by atoms with Gasteiger partial charge in [-0.05, 0) is 12.2 Å². The van der Waals surface area contributed by atoms with Crippen LogP contribution in [-0.2, 0) is 4.57 Å². The molecule has 1 aliphatic rings. The van der Waals surface area contributed by atoms with Crippen LogP contribution in [-0.4, -0.2) is 11.8 Å². The minimum atomic E-state index is -1.97. The van der Waals surface area contributed by atoms with Gasteiger partial charge in [0.1, 0.15) is 7.14 Å². The minimum Gasteiger partial charge on any atom is -0.318 e. The van der Waals surface area contributed by atoms with Crippen molar-refractivity contribution in [2.45, 2.75) is 6.42 Å². The molecule has 1 nitrogen and oxygen atoms in total. The van der Waals surface area contributed by atoms with Gasteiger partial charge in [0.2, 0.25) is 0 Å². The Kier molecular flexibility index (Phi) is 1.79. The largest absolute Gasteiger partial charge is 0.318 e. The molecule has 0 fully saturated rings. The molecule has 1 atom stereocenters. The van der Waals surface area contributed by atoms with Crippen molar-refractivity contribution in [3.63, 3.8) is 0 Å². The van der Waals surface area contributed by atoms with Crippen molar-refractivity contribution in [3.05, 3.63) is 11.9 Å². The molecule has 0 N–H and O–H groups in total. The van der Waals surface area contributed by atoms with Gasteiger partial charge in [0, 0.05) is 6.16 Å². The first-order chi connectivity index (χ1) is 3.77. The summed E-state index contributed by atoms with van der Waals surface area (Å²) >= 11 is 5.43. The van der Waals surface area contributed by atoms with Crippen LogP contribution >= 0.6 is 18.7 Å². The lowest BCUT2D eigenvalue weighted by atomic mass is 10.5. The molecule has 3 heteroatoms. The van der Waals surface area contributed by atoms with Gasteiger partial charge in [0.05, 0.1) is 5.62 Å². The molecule has 0 bridgehead atoms. The fraction of sp³-hybridized carbons (Fsp3) is 0.600. The van der Waals surface area contributed by atoms with E-state index in [-0.39, 0.29) is 0 Å². The summed E-state index contributed by atoms with van der Waals surface area (Å²) < 4.78 is 11.2. The maximum absolute atomic E-state index is 11.2. The van der Waals surface area contributed by atoms with Gasteiger partial charge in [0.15, 0.2) is 0 Å². The van der Waals surface area contributed by atoms with Crippen LogP contribution < -0.4 is 0 Å². The van der Waals surface area contributed by atoms with Crippen molar-refractivity contribution < 1.29 is 4.57 Å². The lowest BCUT2D eigenvalue weighted by Crippen LogP contribution is -1.78. The molecule has 46 valence electrons. The lowest BCUT2D eigenvalue weighted by molar-refractivity contribution is 0.584. The number of alkyl halides is 1. The normalized spacial score (nSPS) is 36.1. The Hall–Kier alpha value is 0.260. The highest BCUT2D eigenvalue weighted by molar-refractivity contribution is 7.68. The van der Waals surface area contributed by atoms with E-state index in [4.69, 9.17) is 11.6 Å². The Morgan fingerprint density at radius 2 is 2.50 bits per heavy atom.